The molecule has 0 unspecified atom stereocenters. The molecule has 0 fully saturated rings. The fourth-order valence-electron chi connectivity index (χ4n) is 2.36. The van der Waals surface area contributed by atoms with Crippen molar-refractivity contribution in [1.29, 1.82) is 0 Å². The van der Waals surface area contributed by atoms with E-state index in [1.807, 2.05) is 31.2 Å². The van der Waals surface area contributed by atoms with Crippen molar-refractivity contribution in [3.05, 3.63) is 70.8 Å². The van der Waals surface area contributed by atoms with Crippen LogP contribution in [0.4, 0.5) is 5.82 Å². The van der Waals surface area contributed by atoms with Gasteiger partial charge in [0.1, 0.15) is 5.75 Å². The van der Waals surface area contributed by atoms with Gasteiger partial charge in [-0.1, -0.05) is 28.1 Å². The van der Waals surface area contributed by atoms with Crippen molar-refractivity contribution < 1.29 is 13.2 Å². The number of rotatable bonds is 7. The van der Waals surface area contributed by atoms with Crippen molar-refractivity contribution in [3.63, 3.8) is 0 Å². The standard InChI is InChI=1S/C18H18BrN3O3S/c1-2-25-16-7-9-17(10-8-16)26(23,24)21-18-11-12-22(20-18)13-14-3-5-15(19)6-4-14/h3-12H,2,13H2,1H3,(H,20,21). The molecule has 1 aromatic heterocycles. The van der Waals surface area contributed by atoms with Crippen molar-refractivity contribution >= 4 is 31.8 Å². The highest BCUT2D eigenvalue weighted by Crippen LogP contribution is 2.19. The van der Waals surface area contributed by atoms with Gasteiger partial charge in [0.2, 0.25) is 0 Å². The number of hydrogen-bond donors (Lipinski definition) is 1. The minimum atomic E-state index is -3.70. The van der Waals surface area contributed by atoms with E-state index in [9.17, 15) is 8.42 Å². The molecule has 1 heterocycles. The van der Waals surface area contributed by atoms with Gasteiger partial charge < -0.3 is 4.74 Å². The summed E-state index contributed by atoms with van der Waals surface area (Å²) in [6, 6.07) is 15.8. The molecule has 0 bridgehead atoms. The number of ether oxygens (including phenoxy) is 1. The maximum Gasteiger partial charge on any atom is 0.263 e. The highest BCUT2D eigenvalue weighted by atomic mass is 79.9. The third kappa shape index (κ3) is 4.64. The van der Waals surface area contributed by atoms with Crippen LogP contribution in [0.1, 0.15) is 12.5 Å². The molecule has 0 radical (unpaired) electrons. The SMILES string of the molecule is CCOc1ccc(S(=O)(=O)Nc2ccn(Cc3ccc(Br)cc3)n2)cc1. The second kappa shape index (κ2) is 7.92. The van der Waals surface area contributed by atoms with Crippen LogP contribution < -0.4 is 9.46 Å². The Hall–Kier alpha value is -2.32. The maximum absolute atomic E-state index is 12.5. The average molecular weight is 436 g/mol. The Labute approximate surface area is 161 Å². The first-order valence-electron chi connectivity index (χ1n) is 8.00. The molecule has 0 saturated heterocycles. The fourth-order valence-corrected chi connectivity index (χ4v) is 3.62. The van der Waals surface area contributed by atoms with E-state index in [4.69, 9.17) is 4.74 Å². The topological polar surface area (TPSA) is 73.2 Å². The van der Waals surface area contributed by atoms with Gasteiger partial charge in [-0.2, -0.15) is 5.10 Å². The Morgan fingerprint density at radius 2 is 1.77 bits per heavy atom. The lowest BCUT2D eigenvalue weighted by molar-refractivity contribution is 0.340. The van der Waals surface area contributed by atoms with Crippen LogP contribution in [0.25, 0.3) is 0 Å². The Morgan fingerprint density at radius 3 is 2.42 bits per heavy atom. The largest absolute Gasteiger partial charge is 0.494 e. The predicted octanol–water partition coefficient (Wildman–Crippen LogP) is 3.89. The quantitative estimate of drug-likeness (QED) is 0.610. The van der Waals surface area contributed by atoms with Gasteiger partial charge in [-0.3, -0.25) is 9.40 Å². The van der Waals surface area contributed by atoms with Gasteiger partial charge in [0.05, 0.1) is 18.0 Å². The van der Waals surface area contributed by atoms with Crippen LogP contribution in [0.3, 0.4) is 0 Å². The molecule has 8 heteroatoms. The van der Waals surface area contributed by atoms with E-state index in [0.717, 1.165) is 10.0 Å². The molecule has 3 rings (SSSR count). The summed E-state index contributed by atoms with van der Waals surface area (Å²) in [5, 5.41) is 4.28. The van der Waals surface area contributed by atoms with Crippen LogP contribution in [0, 0.1) is 0 Å². The molecule has 0 amide bonds. The van der Waals surface area contributed by atoms with E-state index in [1.165, 1.54) is 12.1 Å². The summed E-state index contributed by atoms with van der Waals surface area (Å²) in [6.45, 7) is 2.95. The van der Waals surface area contributed by atoms with Crippen LogP contribution in [-0.2, 0) is 16.6 Å². The Balaban J connectivity index is 1.70. The number of hydrogen-bond acceptors (Lipinski definition) is 4. The molecule has 0 saturated carbocycles. The fraction of sp³-hybridized carbons (Fsp3) is 0.167. The van der Waals surface area contributed by atoms with Crippen LogP contribution in [0.5, 0.6) is 5.75 Å². The third-order valence-corrected chi connectivity index (χ3v) is 5.48. The number of nitrogens with zero attached hydrogens (tertiary/aromatic N) is 2. The molecular formula is C18H18BrN3O3S. The van der Waals surface area contributed by atoms with Crippen LogP contribution in [0.2, 0.25) is 0 Å². The Bertz CT molecular complexity index is 968. The lowest BCUT2D eigenvalue weighted by atomic mass is 10.2. The molecule has 0 atom stereocenters. The normalized spacial score (nSPS) is 11.3. The van der Waals surface area contributed by atoms with Gasteiger partial charge in [-0.15, -0.1) is 0 Å². The van der Waals surface area contributed by atoms with E-state index in [1.54, 1.807) is 29.1 Å². The van der Waals surface area contributed by atoms with E-state index >= 15 is 0 Å². The van der Waals surface area contributed by atoms with Crippen molar-refractivity contribution in [2.75, 3.05) is 11.3 Å². The van der Waals surface area contributed by atoms with Crippen LogP contribution >= 0.6 is 15.9 Å². The Morgan fingerprint density at radius 1 is 1.08 bits per heavy atom. The predicted molar refractivity (Wildman–Crippen MR) is 104 cm³/mol. The van der Waals surface area contributed by atoms with Gasteiger partial charge >= 0.3 is 0 Å². The third-order valence-electron chi connectivity index (χ3n) is 3.58. The number of benzene rings is 2. The van der Waals surface area contributed by atoms with Crippen molar-refractivity contribution in [3.8, 4) is 5.75 Å². The number of sulfonamides is 1. The second-order valence-electron chi connectivity index (χ2n) is 5.53. The molecular weight excluding hydrogens is 418 g/mol. The summed E-state index contributed by atoms with van der Waals surface area (Å²) in [7, 11) is -3.70. The minimum Gasteiger partial charge on any atom is -0.494 e. The number of anilines is 1. The first-order valence-corrected chi connectivity index (χ1v) is 10.3. The second-order valence-corrected chi connectivity index (χ2v) is 8.13. The van der Waals surface area contributed by atoms with Gasteiger partial charge in [0.15, 0.2) is 5.82 Å². The summed E-state index contributed by atoms with van der Waals surface area (Å²) in [4.78, 5) is 0.156. The molecule has 2 aromatic carbocycles. The molecule has 0 aliphatic carbocycles. The van der Waals surface area contributed by atoms with E-state index in [2.05, 4.69) is 25.8 Å². The monoisotopic (exact) mass is 435 g/mol. The zero-order valence-electron chi connectivity index (χ0n) is 14.1. The lowest BCUT2D eigenvalue weighted by Crippen LogP contribution is -2.13. The number of nitrogens with one attached hydrogen (secondary N) is 1. The van der Waals surface area contributed by atoms with Gasteiger partial charge in [0, 0.05) is 16.7 Å². The van der Waals surface area contributed by atoms with Crippen molar-refractivity contribution in [1.82, 2.24) is 9.78 Å². The van der Waals surface area contributed by atoms with E-state index in [-0.39, 0.29) is 10.7 Å². The molecule has 3 aromatic rings. The summed E-state index contributed by atoms with van der Waals surface area (Å²) < 4.78 is 35.4. The van der Waals surface area contributed by atoms with Gasteiger partial charge in [0.25, 0.3) is 10.0 Å². The summed E-state index contributed by atoms with van der Waals surface area (Å²) in [6.07, 6.45) is 1.73. The summed E-state index contributed by atoms with van der Waals surface area (Å²) in [5.41, 5.74) is 1.07. The maximum atomic E-state index is 12.5. The van der Waals surface area contributed by atoms with E-state index in [0.29, 0.717) is 18.9 Å². The summed E-state index contributed by atoms with van der Waals surface area (Å²) >= 11 is 3.40. The highest BCUT2D eigenvalue weighted by Gasteiger charge is 2.15. The number of aromatic nitrogens is 2. The van der Waals surface area contributed by atoms with Crippen LogP contribution in [0.15, 0.2) is 70.2 Å². The molecule has 1 N–H and O–H groups in total. The summed E-state index contributed by atoms with van der Waals surface area (Å²) in [5.74, 6) is 0.904. The average Bonchev–Trinajstić information content (AvgIpc) is 3.04. The molecule has 136 valence electrons. The van der Waals surface area contributed by atoms with Gasteiger partial charge in [-0.05, 0) is 48.9 Å². The van der Waals surface area contributed by atoms with Crippen molar-refractivity contribution in [2.45, 2.75) is 18.4 Å². The first kappa shape index (κ1) is 18.5. The molecule has 26 heavy (non-hydrogen) atoms. The minimum absolute atomic E-state index is 0.156. The zero-order chi connectivity index (χ0) is 18.6. The van der Waals surface area contributed by atoms with Gasteiger partial charge in [-0.25, -0.2) is 8.42 Å². The van der Waals surface area contributed by atoms with E-state index < -0.39 is 10.0 Å². The zero-order valence-corrected chi connectivity index (χ0v) is 16.5. The van der Waals surface area contributed by atoms with Crippen LogP contribution in [-0.4, -0.2) is 24.8 Å². The number of halogens is 1. The highest BCUT2D eigenvalue weighted by molar-refractivity contribution is 9.10. The first-order chi connectivity index (χ1) is 12.5. The molecule has 6 nitrogen and oxygen atoms in total. The van der Waals surface area contributed by atoms with Crippen molar-refractivity contribution in [2.24, 2.45) is 0 Å². The molecule has 0 aliphatic heterocycles. The lowest BCUT2D eigenvalue weighted by Gasteiger charge is -2.07. The smallest absolute Gasteiger partial charge is 0.263 e. The molecule has 0 aliphatic rings. The molecule has 0 spiro atoms. The Kier molecular flexibility index (Phi) is 5.63.